The molecule has 0 rings (SSSR count). The molecule has 74 valence electrons. The van der Waals surface area contributed by atoms with Crippen molar-refractivity contribution >= 4 is 7.32 Å². The molecule has 0 fully saturated rings. The van der Waals surface area contributed by atoms with Gasteiger partial charge in [-0.05, 0) is 6.42 Å². The van der Waals surface area contributed by atoms with E-state index in [1.165, 1.54) is 0 Å². The first-order chi connectivity index (χ1) is 5.58. The van der Waals surface area contributed by atoms with Gasteiger partial charge in [-0.3, -0.25) is 0 Å². The fraction of sp³-hybridized carbons (Fsp3) is 1.00. The summed E-state index contributed by atoms with van der Waals surface area (Å²) in [7, 11) is -2.17. The van der Waals surface area contributed by atoms with Crippen molar-refractivity contribution in [1.29, 1.82) is 0 Å². The molecule has 6 N–H and O–H groups in total. The molecule has 0 saturated carbocycles. The molecule has 0 bridgehead atoms. The van der Waals surface area contributed by atoms with Crippen molar-refractivity contribution in [2.75, 3.05) is 19.8 Å². The molecule has 0 spiro atoms. The Balaban J connectivity index is 0. The van der Waals surface area contributed by atoms with Crippen LogP contribution in [0.25, 0.3) is 0 Å². The predicted molar refractivity (Wildman–Crippen MR) is 41.8 cm³/mol. The molecule has 0 aromatic carbocycles. The summed E-state index contributed by atoms with van der Waals surface area (Å²) in [5, 5.41) is 46.5. The SMILES string of the molecule is OB(O)O.OCCC(CO)CO. The zero-order valence-corrected chi connectivity index (χ0v) is 6.67. The minimum absolute atomic E-state index is 0.0335. The van der Waals surface area contributed by atoms with E-state index in [1.807, 2.05) is 0 Å². The monoisotopic (exact) mass is 182 g/mol. The summed E-state index contributed by atoms with van der Waals surface area (Å²) in [6.45, 7) is -0.0556. The predicted octanol–water partition coefficient (Wildman–Crippen LogP) is -3.08. The molecular formula is C5H15BO6. The number of aliphatic hydroxyl groups is 3. The van der Waals surface area contributed by atoms with Crippen LogP contribution in [0, 0.1) is 5.92 Å². The van der Waals surface area contributed by atoms with Crippen LogP contribution in [-0.4, -0.2) is 57.5 Å². The minimum Gasteiger partial charge on any atom is -0.402 e. The molecule has 0 unspecified atom stereocenters. The van der Waals surface area contributed by atoms with Crippen molar-refractivity contribution in [2.24, 2.45) is 5.92 Å². The summed E-state index contributed by atoms with van der Waals surface area (Å²) in [6.07, 6.45) is 0.479. The van der Waals surface area contributed by atoms with Crippen LogP contribution in [-0.2, 0) is 0 Å². The van der Waals surface area contributed by atoms with Gasteiger partial charge in [0, 0.05) is 25.7 Å². The lowest BCUT2D eigenvalue weighted by Crippen LogP contribution is -2.12. The molecule has 0 atom stereocenters. The maximum absolute atomic E-state index is 8.39. The van der Waals surface area contributed by atoms with Gasteiger partial charge in [-0.1, -0.05) is 0 Å². The second-order valence-corrected chi connectivity index (χ2v) is 2.09. The van der Waals surface area contributed by atoms with E-state index in [0.29, 0.717) is 6.42 Å². The Bertz CT molecular complexity index is 73.6. The Labute approximate surface area is 70.9 Å². The van der Waals surface area contributed by atoms with Crippen molar-refractivity contribution in [3.05, 3.63) is 0 Å². The lowest BCUT2D eigenvalue weighted by Gasteiger charge is -2.06. The van der Waals surface area contributed by atoms with Gasteiger partial charge in [0.1, 0.15) is 0 Å². The summed E-state index contributed by atoms with van der Waals surface area (Å²) < 4.78 is 0. The molecule has 0 aromatic rings. The van der Waals surface area contributed by atoms with E-state index in [4.69, 9.17) is 30.4 Å². The molecule has 0 aromatic heterocycles. The van der Waals surface area contributed by atoms with Gasteiger partial charge in [-0.2, -0.15) is 0 Å². The minimum atomic E-state index is -2.17. The highest BCUT2D eigenvalue weighted by Crippen LogP contribution is 1.97. The standard InChI is InChI=1S/C5H12O3.BH3O3/c6-2-1-5(3-7)4-8;2-1(3)4/h5-8H,1-4H2;2-4H. The fourth-order valence-corrected chi connectivity index (χ4v) is 0.423. The van der Waals surface area contributed by atoms with Gasteiger partial charge < -0.3 is 30.4 Å². The van der Waals surface area contributed by atoms with Crippen LogP contribution in [0.4, 0.5) is 0 Å². The third-order valence-corrected chi connectivity index (χ3v) is 1.05. The average molecular weight is 182 g/mol. The number of rotatable bonds is 4. The molecular weight excluding hydrogens is 167 g/mol. The van der Waals surface area contributed by atoms with Crippen LogP contribution in [0.3, 0.4) is 0 Å². The van der Waals surface area contributed by atoms with Gasteiger partial charge >= 0.3 is 7.32 Å². The molecule has 0 saturated heterocycles. The highest BCUT2D eigenvalue weighted by atomic mass is 16.5. The van der Waals surface area contributed by atoms with E-state index in [2.05, 4.69) is 0 Å². The molecule has 7 heteroatoms. The number of hydrogen-bond acceptors (Lipinski definition) is 6. The van der Waals surface area contributed by atoms with E-state index in [9.17, 15) is 0 Å². The molecule has 0 heterocycles. The van der Waals surface area contributed by atoms with Crippen LogP contribution in [0.5, 0.6) is 0 Å². The van der Waals surface area contributed by atoms with Crippen LogP contribution in [0.15, 0.2) is 0 Å². The van der Waals surface area contributed by atoms with Crippen molar-refractivity contribution in [2.45, 2.75) is 6.42 Å². The second kappa shape index (κ2) is 10.8. The topological polar surface area (TPSA) is 121 Å². The van der Waals surface area contributed by atoms with Crippen molar-refractivity contribution < 1.29 is 30.4 Å². The molecule has 0 aliphatic rings. The maximum atomic E-state index is 8.39. The van der Waals surface area contributed by atoms with Gasteiger partial charge in [-0.15, -0.1) is 0 Å². The van der Waals surface area contributed by atoms with E-state index in [0.717, 1.165) is 0 Å². The fourth-order valence-electron chi connectivity index (χ4n) is 0.423. The molecule has 0 radical (unpaired) electrons. The third-order valence-electron chi connectivity index (χ3n) is 1.05. The smallest absolute Gasteiger partial charge is 0.402 e. The zero-order chi connectivity index (χ0) is 9.98. The normalized spacial score (nSPS) is 9.25. The van der Waals surface area contributed by atoms with E-state index in [1.54, 1.807) is 0 Å². The zero-order valence-electron chi connectivity index (χ0n) is 6.67. The maximum Gasteiger partial charge on any atom is 0.631 e. The Morgan fingerprint density at radius 3 is 1.33 bits per heavy atom. The lowest BCUT2D eigenvalue weighted by atomic mass is 10.1. The highest BCUT2D eigenvalue weighted by Gasteiger charge is 2.02. The molecule has 12 heavy (non-hydrogen) atoms. The highest BCUT2D eigenvalue weighted by molar-refractivity contribution is 6.30. The van der Waals surface area contributed by atoms with Gasteiger partial charge in [-0.25, -0.2) is 0 Å². The second-order valence-electron chi connectivity index (χ2n) is 2.09. The number of hydrogen-bond donors (Lipinski definition) is 6. The summed E-state index contributed by atoms with van der Waals surface area (Å²) in [5.41, 5.74) is 0. The average Bonchev–Trinajstić information content (AvgIpc) is 1.99. The largest absolute Gasteiger partial charge is 0.631 e. The quantitative estimate of drug-likeness (QED) is 0.256. The Morgan fingerprint density at radius 1 is 0.917 bits per heavy atom. The van der Waals surface area contributed by atoms with Crippen LogP contribution in [0.2, 0.25) is 0 Å². The van der Waals surface area contributed by atoms with Crippen molar-refractivity contribution in [3.8, 4) is 0 Å². The molecule has 6 nitrogen and oxygen atoms in total. The van der Waals surface area contributed by atoms with Gasteiger partial charge in [0.25, 0.3) is 0 Å². The van der Waals surface area contributed by atoms with Crippen LogP contribution < -0.4 is 0 Å². The summed E-state index contributed by atoms with van der Waals surface area (Å²) in [6, 6.07) is 0. The van der Waals surface area contributed by atoms with Gasteiger partial charge in [0.15, 0.2) is 0 Å². The third kappa shape index (κ3) is 16.4. The molecule has 0 aliphatic carbocycles. The Morgan fingerprint density at radius 2 is 1.25 bits per heavy atom. The van der Waals surface area contributed by atoms with Crippen LogP contribution in [0.1, 0.15) is 6.42 Å². The van der Waals surface area contributed by atoms with Crippen molar-refractivity contribution in [1.82, 2.24) is 0 Å². The first-order valence-corrected chi connectivity index (χ1v) is 3.45. The van der Waals surface area contributed by atoms with Gasteiger partial charge in [0.05, 0.1) is 0 Å². The molecule has 0 aliphatic heterocycles. The summed E-state index contributed by atoms with van der Waals surface area (Å²) in [4.78, 5) is 0. The Kier molecular flexibility index (Phi) is 12.9. The first-order valence-electron chi connectivity index (χ1n) is 3.45. The summed E-state index contributed by atoms with van der Waals surface area (Å²) >= 11 is 0. The molecule has 0 amide bonds. The summed E-state index contributed by atoms with van der Waals surface area (Å²) in [5.74, 6) is -0.139. The Hall–Kier alpha value is -0.175. The van der Waals surface area contributed by atoms with Gasteiger partial charge in [0.2, 0.25) is 0 Å². The van der Waals surface area contributed by atoms with Crippen molar-refractivity contribution in [3.63, 3.8) is 0 Å². The van der Waals surface area contributed by atoms with E-state index in [-0.39, 0.29) is 25.7 Å². The van der Waals surface area contributed by atoms with E-state index < -0.39 is 7.32 Å². The van der Waals surface area contributed by atoms with E-state index >= 15 is 0 Å². The lowest BCUT2D eigenvalue weighted by molar-refractivity contribution is 0.124. The first kappa shape index (κ1) is 14.4. The number of aliphatic hydroxyl groups excluding tert-OH is 3. The van der Waals surface area contributed by atoms with Crippen LogP contribution >= 0.6 is 0 Å².